The van der Waals surface area contributed by atoms with E-state index in [4.69, 9.17) is 9.26 Å². The maximum absolute atomic E-state index is 14.3. The van der Waals surface area contributed by atoms with Gasteiger partial charge in [0, 0.05) is 44.1 Å². The molecule has 9 heteroatoms. The number of allylic oxidation sites excluding steroid dienone is 1. The molecular weight excluding hydrogens is 691 g/mol. The van der Waals surface area contributed by atoms with Crippen molar-refractivity contribution in [1.29, 1.82) is 0 Å². The number of hydrogen-bond donors (Lipinski definition) is 1. The van der Waals surface area contributed by atoms with Crippen LogP contribution in [0.3, 0.4) is 0 Å². The second kappa shape index (κ2) is 14.0. The first-order valence-electron chi connectivity index (χ1n) is 21.7. The van der Waals surface area contributed by atoms with E-state index in [2.05, 4.69) is 63.1 Å². The number of fused-ring (bicyclic) bond motifs is 7. The van der Waals surface area contributed by atoms with Crippen LogP contribution in [0.25, 0.3) is 0 Å². The van der Waals surface area contributed by atoms with Crippen LogP contribution < -0.4 is 0 Å². The Morgan fingerprint density at radius 2 is 1.64 bits per heavy atom. The monoisotopic (exact) mass is 762 g/mol. The maximum Gasteiger partial charge on any atom is 0.309 e. The van der Waals surface area contributed by atoms with Crippen molar-refractivity contribution in [2.75, 3.05) is 26.2 Å². The summed E-state index contributed by atoms with van der Waals surface area (Å²) in [6.07, 6.45) is 11.5. The Kier molecular flexibility index (Phi) is 10.3. The quantitative estimate of drug-likeness (QED) is 0.196. The van der Waals surface area contributed by atoms with Gasteiger partial charge in [-0.1, -0.05) is 51.9 Å². The molecule has 6 fully saturated rings. The van der Waals surface area contributed by atoms with Crippen molar-refractivity contribution in [2.45, 2.75) is 152 Å². The third-order valence-corrected chi connectivity index (χ3v) is 17.9. The van der Waals surface area contributed by atoms with Crippen LogP contribution in [0, 0.1) is 69.0 Å². The van der Waals surface area contributed by atoms with Crippen molar-refractivity contribution >= 4 is 17.8 Å². The summed E-state index contributed by atoms with van der Waals surface area (Å²) in [6, 6.07) is 2.01. The first-order valence-corrected chi connectivity index (χ1v) is 21.7. The van der Waals surface area contributed by atoms with Gasteiger partial charge < -0.3 is 19.3 Å². The summed E-state index contributed by atoms with van der Waals surface area (Å²) in [5.74, 6) is 2.42. The topological polar surface area (TPSA) is 113 Å². The highest BCUT2D eigenvalue weighted by Crippen LogP contribution is 2.78. The molecule has 0 bridgehead atoms. The summed E-state index contributed by atoms with van der Waals surface area (Å²) in [5.41, 5.74) is 1.41. The summed E-state index contributed by atoms with van der Waals surface area (Å²) in [6.45, 7) is 28.5. The fourth-order valence-corrected chi connectivity index (χ4v) is 14.7. The predicted octanol–water partition coefficient (Wildman–Crippen LogP) is 9.09. The number of ether oxygens (including phenoxy) is 1. The molecule has 6 aliphatic rings. The number of aliphatic carboxylic acids is 1. The van der Waals surface area contributed by atoms with Gasteiger partial charge in [-0.15, -0.1) is 0 Å². The minimum absolute atomic E-state index is 0.0445. The first-order chi connectivity index (χ1) is 25.7. The Labute approximate surface area is 330 Å². The Hall–Kier alpha value is -2.68. The Morgan fingerprint density at radius 1 is 0.927 bits per heavy atom. The average molecular weight is 762 g/mol. The molecule has 9 nitrogen and oxygen atoms in total. The van der Waals surface area contributed by atoms with Gasteiger partial charge in [-0.05, 0) is 143 Å². The number of aryl methyl sites for hydroxylation is 1. The predicted molar refractivity (Wildman–Crippen MR) is 213 cm³/mol. The van der Waals surface area contributed by atoms with Gasteiger partial charge in [-0.2, -0.15) is 0 Å². The van der Waals surface area contributed by atoms with Gasteiger partial charge >= 0.3 is 11.9 Å². The van der Waals surface area contributed by atoms with Gasteiger partial charge in [0.1, 0.15) is 6.10 Å². The molecule has 1 aliphatic heterocycles. The van der Waals surface area contributed by atoms with Crippen LogP contribution in [-0.2, 0) is 25.7 Å². The van der Waals surface area contributed by atoms with Gasteiger partial charge in [0.2, 0.25) is 5.91 Å². The van der Waals surface area contributed by atoms with Crippen LogP contribution in [0.15, 0.2) is 22.7 Å². The molecule has 1 N–H and O–H groups in total. The van der Waals surface area contributed by atoms with Crippen LogP contribution in [-0.4, -0.2) is 70.2 Å². The molecule has 1 aromatic heterocycles. The highest BCUT2D eigenvalue weighted by Gasteiger charge is 2.71. The van der Waals surface area contributed by atoms with Gasteiger partial charge in [0.25, 0.3) is 0 Å². The Balaban J connectivity index is 1.07. The zero-order valence-electron chi connectivity index (χ0n) is 35.6. The van der Waals surface area contributed by atoms with E-state index >= 15 is 0 Å². The summed E-state index contributed by atoms with van der Waals surface area (Å²) in [7, 11) is 0. The lowest BCUT2D eigenvalue weighted by Gasteiger charge is -2.73. The minimum Gasteiger partial charge on any atom is -0.481 e. The fraction of sp³-hybridized carbons (Fsp3) is 0.826. The van der Waals surface area contributed by atoms with Gasteiger partial charge in [0.05, 0.1) is 24.1 Å². The normalized spacial score (nSPS) is 40.0. The number of amides is 1. The van der Waals surface area contributed by atoms with Crippen molar-refractivity contribution in [3.05, 3.63) is 29.7 Å². The molecular formula is C46H71N3O6. The van der Waals surface area contributed by atoms with E-state index in [0.29, 0.717) is 41.9 Å². The smallest absolute Gasteiger partial charge is 0.309 e. The Morgan fingerprint density at radius 3 is 2.27 bits per heavy atom. The molecule has 0 unspecified atom stereocenters. The lowest BCUT2D eigenvalue weighted by Crippen LogP contribution is -2.67. The van der Waals surface area contributed by atoms with Gasteiger partial charge in [-0.25, -0.2) is 0 Å². The molecule has 0 radical (unpaired) electrons. The number of esters is 1. The number of rotatable bonds is 9. The van der Waals surface area contributed by atoms with E-state index in [1.54, 1.807) is 13.8 Å². The molecule has 5 saturated carbocycles. The molecule has 306 valence electrons. The number of piperazine rings is 1. The fourth-order valence-electron chi connectivity index (χ4n) is 14.7. The van der Waals surface area contributed by atoms with E-state index in [0.717, 1.165) is 82.7 Å². The van der Waals surface area contributed by atoms with Crippen molar-refractivity contribution in [2.24, 2.45) is 62.1 Å². The molecule has 0 aromatic carbocycles. The summed E-state index contributed by atoms with van der Waals surface area (Å²) in [4.78, 5) is 43.8. The largest absolute Gasteiger partial charge is 0.481 e. The van der Waals surface area contributed by atoms with Crippen molar-refractivity contribution in [3.63, 3.8) is 0 Å². The van der Waals surface area contributed by atoms with Crippen LogP contribution in [0.5, 0.6) is 0 Å². The molecule has 0 spiro atoms. The molecule has 1 amide bonds. The molecule has 5 aliphatic carbocycles. The molecule has 7 rings (SSSR count). The van der Waals surface area contributed by atoms with Crippen molar-refractivity contribution < 1.29 is 28.8 Å². The van der Waals surface area contributed by atoms with E-state index in [1.165, 1.54) is 31.3 Å². The molecule has 1 saturated heterocycles. The second-order valence-electron chi connectivity index (χ2n) is 21.5. The summed E-state index contributed by atoms with van der Waals surface area (Å²) in [5, 5.41) is 13.7. The number of nitrogens with zero attached hydrogens (tertiary/aromatic N) is 3. The van der Waals surface area contributed by atoms with Crippen molar-refractivity contribution in [1.82, 2.24) is 15.0 Å². The molecule has 1 aromatic rings. The summed E-state index contributed by atoms with van der Waals surface area (Å²) >= 11 is 0. The van der Waals surface area contributed by atoms with Crippen molar-refractivity contribution in [3.8, 4) is 0 Å². The maximum atomic E-state index is 14.3. The third-order valence-electron chi connectivity index (χ3n) is 17.9. The molecule has 2 heterocycles. The van der Waals surface area contributed by atoms with Gasteiger partial charge in [-0.3, -0.25) is 19.3 Å². The number of carboxylic acid groups (broad SMARTS) is 1. The van der Waals surface area contributed by atoms with E-state index in [1.807, 2.05) is 13.0 Å². The number of carbonyl (C=O) groups excluding carboxylic acids is 2. The second-order valence-corrected chi connectivity index (χ2v) is 21.5. The zero-order chi connectivity index (χ0) is 39.9. The van der Waals surface area contributed by atoms with E-state index in [-0.39, 0.29) is 39.6 Å². The van der Waals surface area contributed by atoms with E-state index < -0.39 is 17.4 Å². The minimum atomic E-state index is -1.15. The number of carboxylic acids is 1. The lowest BCUT2D eigenvalue weighted by molar-refractivity contribution is -0.250. The third kappa shape index (κ3) is 6.62. The first kappa shape index (κ1) is 40.5. The van der Waals surface area contributed by atoms with Crippen LogP contribution in [0.1, 0.15) is 144 Å². The highest BCUT2D eigenvalue weighted by atomic mass is 16.5. The van der Waals surface area contributed by atoms with Crippen LogP contribution in [0.4, 0.5) is 0 Å². The molecule has 10 atom stereocenters. The standard InChI is InChI=1S/C46H71N3O6/c1-29(2)32-13-18-46(26-37(50)49-23-21-48(22-24-49)28-31-25-30(3)47-55-31)20-19-44(9)33(39(32)46)11-12-35-43(8)16-15-36(54-38(51)27-41(4,5)40(52)53)42(6,7)34(43)14-17-45(35,44)10/h25,32-36,39H,1,11-24,26-28H2,2-10H3,(H,52,53)/t32-,33+,34-,35+,36-,39+,43-,44+,45+,46+/m0/s1. The average Bonchev–Trinajstić information content (AvgIpc) is 3.69. The highest BCUT2D eigenvalue weighted by molar-refractivity contribution is 5.81. The lowest BCUT2D eigenvalue weighted by atomic mass is 9.32. The Bertz CT molecular complexity index is 1670. The van der Waals surface area contributed by atoms with Crippen LogP contribution >= 0.6 is 0 Å². The van der Waals surface area contributed by atoms with E-state index in [9.17, 15) is 19.5 Å². The number of hydrogen-bond acceptors (Lipinski definition) is 7. The molecule has 55 heavy (non-hydrogen) atoms. The summed E-state index contributed by atoms with van der Waals surface area (Å²) < 4.78 is 11.7. The van der Waals surface area contributed by atoms with Crippen LogP contribution in [0.2, 0.25) is 0 Å². The number of carbonyl (C=O) groups is 3. The number of aromatic nitrogens is 1. The zero-order valence-corrected chi connectivity index (χ0v) is 35.6. The SMILES string of the molecule is C=C(C)[C@@H]1CC[C@]2(CC(=O)N3CCN(Cc4cc(C)no4)CC3)CC[C@]3(C)[C@H](CC[C@@H]4[C@@]5(C)CC[C@H](OC(=O)CC(C)(C)C(=O)O)C(C)(C)[C@@H]5CC[C@]43C)[C@@H]12. The van der Waals surface area contributed by atoms with Gasteiger partial charge in [0.15, 0.2) is 5.76 Å².